The Morgan fingerprint density at radius 1 is 1.29 bits per heavy atom. The van der Waals surface area contributed by atoms with Gasteiger partial charge in [-0.25, -0.2) is 0 Å². The van der Waals surface area contributed by atoms with E-state index in [-0.39, 0.29) is 5.25 Å². The fourth-order valence-corrected chi connectivity index (χ4v) is 2.94. The Hall–Kier alpha value is -0.760. The van der Waals surface area contributed by atoms with Crippen LogP contribution in [0.15, 0.2) is 12.1 Å². The first-order valence-corrected chi connectivity index (χ1v) is 5.91. The maximum atomic E-state index is 12.0. The molecule has 0 aliphatic carbocycles. The van der Waals surface area contributed by atoms with Gasteiger partial charge in [0, 0.05) is 11.3 Å². The van der Waals surface area contributed by atoms with Gasteiger partial charge in [0.15, 0.2) is 5.78 Å². The average molecular weight is 206 g/mol. The third kappa shape index (κ3) is 1.38. The number of hydrogen-bond donors (Lipinski definition) is 0. The van der Waals surface area contributed by atoms with Gasteiger partial charge in [0.25, 0.3) is 0 Å². The van der Waals surface area contributed by atoms with E-state index in [0.29, 0.717) is 5.78 Å². The zero-order valence-electron chi connectivity index (χ0n) is 8.76. The van der Waals surface area contributed by atoms with Crippen molar-refractivity contribution in [2.75, 3.05) is 0 Å². The summed E-state index contributed by atoms with van der Waals surface area (Å²) in [6.45, 7) is 6.11. The van der Waals surface area contributed by atoms with Crippen molar-refractivity contribution in [3.05, 3.63) is 34.4 Å². The molecule has 74 valence electrons. The van der Waals surface area contributed by atoms with Gasteiger partial charge in [-0.1, -0.05) is 12.1 Å². The van der Waals surface area contributed by atoms with E-state index in [2.05, 4.69) is 19.1 Å². The summed E-state index contributed by atoms with van der Waals surface area (Å²) in [5.41, 5.74) is 4.61. The summed E-state index contributed by atoms with van der Waals surface area (Å²) in [6.07, 6.45) is 0. The van der Waals surface area contributed by atoms with E-state index in [1.165, 1.54) is 11.1 Å². The lowest BCUT2D eigenvalue weighted by Gasteiger charge is -2.23. The van der Waals surface area contributed by atoms with Gasteiger partial charge in [0.2, 0.25) is 0 Å². The minimum absolute atomic E-state index is 0.128. The van der Waals surface area contributed by atoms with E-state index >= 15 is 0 Å². The number of rotatable bonds is 0. The SMILES string of the molecule is Cc1ccc(C)c2c1CSC(C)C2=O. The highest BCUT2D eigenvalue weighted by Gasteiger charge is 2.26. The molecule has 1 unspecified atom stereocenters. The van der Waals surface area contributed by atoms with E-state index < -0.39 is 0 Å². The van der Waals surface area contributed by atoms with Crippen LogP contribution in [-0.2, 0) is 5.75 Å². The molecule has 14 heavy (non-hydrogen) atoms. The van der Waals surface area contributed by atoms with Crippen LogP contribution in [0.2, 0.25) is 0 Å². The molecule has 0 radical (unpaired) electrons. The topological polar surface area (TPSA) is 17.1 Å². The standard InChI is InChI=1S/C12H14OS/c1-7-4-5-8(2)11-10(7)6-14-9(3)12(11)13/h4-5,9H,6H2,1-3H3. The number of benzene rings is 1. The van der Waals surface area contributed by atoms with Crippen LogP contribution < -0.4 is 0 Å². The van der Waals surface area contributed by atoms with E-state index in [9.17, 15) is 4.79 Å². The monoisotopic (exact) mass is 206 g/mol. The third-order valence-corrected chi connectivity index (χ3v) is 4.02. The molecule has 2 rings (SSSR count). The number of fused-ring (bicyclic) bond motifs is 1. The van der Waals surface area contributed by atoms with Crippen LogP contribution in [0.5, 0.6) is 0 Å². The Morgan fingerprint density at radius 3 is 2.64 bits per heavy atom. The van der Waals surface area contributed by atoms with Crippen molar-refractivity contribution in [3.8, 4) is 0 Å². The van der Waals surface area contributed by atoms with Crippen molar-refractivity contribution in [2.24, 2.45) is 0 Å². The Labute approximate surface area is 88.9 Å². The van der Waals surface area contributed by atoms with Gasteiger partial charge in [-0.15, -0.1) is 11.8 Å². The molecule has 2 heteroatoms. The maximum Gasteiger partial charge on any atom is 0.176 e. The fourth-order valence-electron chi connectivity index (χ4n) is 1.89. The number of ketones is 1. The first kappa shape index (κ1) is 9.78. The molecule has 0 fully saturated rings. The van der Waals surface area contributed by atoms with Crippen LogP contribution in [0.1, 0.15) is 34.0 Å². The van der Waals surface area contributed by atoms with Crippen molar-refractivity contribution in [1.82, 2.24) is 0 Å². The predicted molar refractivity (Wildman–Crippen MR) is 61.0 cm³/mol. The smallest absolute Gasteiger partial charge is 0.176 e. The van der Waals surface area contributed by atoms with Crippen LogP contribution in [0.3, 0.4) is 0 Å². The normalized spacial score (nSPS) is 20.8. The average Bonchev–Trinajstić information content (AvgIpc) is 2.16. The van der Waals surface area contributed by atoms with Gasteiger partial charge in [0.1, 0.15) is 0 Å². The van der Waals surface area contributed by atoms with E-state index in [0.717, 1.165) is 16.9 Å². The number of hydrogen-bond acceptors (Lipinski definition) is 2. The quantitative estimate of drug-likeness (QED) is 0.648. The van der Waals surface area contributed by atoms with Gasteiger partial charge in [0.05, 0.1) is 5.25 Å². The molecule has 1 aromatic carbocycles. The highest BCUT2D eigenvalue weighted by Crippen LogP contribution is 2.33. The van der Waals surface area contributed by atoms with Gasteiger partial charge in [-0.05, 0) is 37.5 Å². The highest BCUT2D eigenvalue weighted by atomic mass is 32.2. The van der Waals surface area contributed by atoms with Gasteiger partial charge >= 0.3 is 0 Å². The van der Waals surface area contributed by atoms with Crippen molar-refractivity contribution in [3.63, 3.8) is 0 Å². The van der Waals surface area contributed by atoms with Crippen molar-refractivity contribution >= 4 is 17.5 Å². The molecule has 1 aliphatic rings. The van der Waals surface area contributed by atoms with Crippen LogP contribution in [0.25, 0.3) is 0 Å². The van der Waals surface area contributed by atoms with E-state index in [4.69, 9.17) is 0 Å². The molecule has 1 nitrogen and oxygen atoms in total. The lowest BCUT2D eigenvalue weighted by atomic mass is 9.94. The zero-order valence-corrected chi connectivity index (χ0v) is 9.57. The summed E-state index contributed by atoms with van der Waals surface area (Å²) < 4.78 is 0. The summed E-state index contributed by atoms with van der Waals surface area (Å²) in [4.78, 5) is 12.0. The van der Waals surface area contributed by atoms with Gasteiger partial charge in [-0.2, -0.15) is 0 Å². The van der Waals surface area contributed by atoms with Crippen LogP contribution >= 0.6 is 11.8 Å². The lowest BCUT2D eigenvalue weighted by molar-refractivity contribution is 0.0991. The number of thioether (sulfide) groups is 1. The van der Waals surface area contributed by atoms with Crippen molar-refractivity contribution in [1.29, 1.82) is 0 Å². The number of carbonyl (C=O) groups excluding carboxylic acids is 1. The molecule has 0 aromatic heterocycles. The van der Waals surface area contributed by atoms with Gasteiger partial charge in [-0.3, -0.25) is 4.79 Å². The summed E-state index contributed by atoms with van der Waals surface area (Å²) in [5.74, 6) is 1.29. The van der Waals surface area contributed by atoms with Crippen molar-refractivity contribution in [2.45, 2.75) is 31.8 Å². The van der Waals surface area contributed by atoms with Crippen molar-refractivity contribution < 1.29 is 4.79 Å². The summed E-state index contributed by atoms with van der Waals surface area (Å²) >= 11 is 1.74. The largest absolute Gasteiger partial charge is 0.293 e. The number of aryl methyl sites for hydroxylation is 2. The molecule has 1 heterocycles. The first-order chi connectivity index (χ1) is 6.61. The Morgan fingerprint density at radius 2 is 1.93 bits per heavy atom. The Balaban J connectivity index is 2.64. The molecule has 0 amide bonds. The van der Waals surface area contributed by atoms with Crippen LogP contribution in [-0.4, -0.2) is 11.0 Å². The Kier molecular flexibility index (Phi) is 2.40. The van der Waals surface area contributed by atoms with E-state index in [1.54, 1.807) is 11.8 Å². The van der Waals surface area contributed by atoms with Crippen LogP contribution in [0.4, 0.5) is 0 Å². The fraction of sp³-hybridized carbons (Fsp3) is 0.417. The molecular formula is C12H14OS. The molecule has 0 saturated heterocycles. The predicted octanol–water partition coefficient (Wildman–Crippen LogP) is 3.12. The molecule has 0 N–H and O–H groups in total. The zero-order chi connectivity index (χ0) is 10.3. The molecule has 1 atom stereocenters. The highest BCUT2D eigenvalue weighted by molar-refractivity contribution is 8.00. The summed E-state index contributed by atoms with van der Waals surface area (Å²) in [5, 5.41) is 0.128. The Bertz CT molecular complexity index is 396. The number of carbonyl (C=O) groups is 1. The second-order valence-electron chi connectivity index (χ2n) is 3.87. The maximum absolute atomic E-state index is 12.0. The molecule has 1 aliphatic heterocycles. The van der Waals surface area contributed by atoms with Gasteiger partial charge < -0.3 is 0 Å². The summed E-state index contributed by atoms with van der Waals surface area (Å²) in [6, 6.07) is 4.16. The second kappa shape index (κ2) is 3.43. The first-order valence-electron chi connectivity index (χ1n) is 4.86. The minimum atomic E-state index is 0.128. The molecule has 0 spiro atoms. The minimum Gasteiger partial charge on any atom is -0.293 e. The van der Waals surface area contributed by atoms with E-state index in [1.807, 2.05) is 13.8 Å². The van der Waals surface area contributed by atoms with Crippen LogP contribution in [0, 0.1) is 13.8 Å². The lowest BCUT2D eigenvalue weighted by Crippen LogP contribution is -2.22. The number of Topliss-reactive ketones (excluding diaryl/α,β-unsaturated/α-hetero) is 1. The second-order valence-corrected chi connectivity index (χ2v) is 5.20. The molecule has 0 bridgehead atoms. The molecular weight excluding hydrogens is 192 g/mol. The summed E-state index contributed by atoms with van der Waals surface area (Å²) in [7, 11) is 0. The molecule has 1 aromatic rings. The third-order valence-electron chi connectivity index (χ3n) is 2.85. The molecule has 0 saturated carbocycles.